The van der Waals surface area contributed by atoms with E-state index in [2.05, 4.69) is 0 Å². The highest BCUT2D eigenvalue weighted by molar-refractivity contribution is 5.98. The number of rotatable bonds is 3. The molecule has 0 aliphatic heterocycles. The molecule has 0 fully saturated rings. The molecule has 2 rings (SSSR count). The minimum Gasteiger partial charge on any atom is -0.507 e. The Kier molecular flexibility index (Phi) is 3.85. The van der Waals surface area contributed by atoms with Gasteiger partial charge in [-0.05, 0) is 42.5 Å². The third-order valence-corrected chi connectivity index (χ3v) is 2.92. The first-order chi connectivity index (χ1) is 9.13. The summed E-state index contributed by atoms with van der Waals surface area (Å²) >= 11 is 0. The lowest BCUT2D eigenvalue weighted by atomic mass is 10.00. The summed E-state index contributed by atoms with van der Waals surface area (Å²) in [7, 11) is 0. The zero-order valence-electron chi connectivity index (χ0n) is 11.0. The Bertz CT molecular complexity index is 642. The van der Waals surface area contributed by atoms with Crippen LogP contribution in [0.2, 0.25) is 0 Å². The van der Waals surface area contributed by atoms with Gasteiger partial charge in [0.25, 0.3) is 0 Å². The monoisotopic (exact) mass is 256 g/mol. The van der Waals surface area contributed by atoms with Crippen molar-refractivity contribution in [2.45, 2.75) is 13.8 Å². The first-order valence-corrected chi connectivity index (χ1v) is 6.19. The summed E-state index contributed by atoms with van der Waals surface area (Å²) in [4.78, 5) is 11.3. The van der Waals surface area contributed by atoms with Gasteiger partial charge in [0.15, 0.2) is 0 Å². The van der Waals surface area contributed by atoms with E-state index in [1.54, 1.807) is 13.0 Å². The number of esters is 1. The number of hydrogen-bond acceptors (Lipinski definition) is 3. The summed E-state index contributed by atoms with van der Waals surface area (Å²) in [6.07, 6.45) is 3.12. The van der Waals surface area contributed by atoms with E-state index in [-0.39, 0.29) is 11.7 Å². The zero-order valence-corrected chi connectivity index (χ0v) is 11.0. The Hall–Kier alpha value is -2.29. The molecule has 0 aliphatic rings. The molecule has 0 aliphatic carbocycles. The second-order valence-corrected chi connectivity index (χ2v) is 4.26. The smallest absolute Gasteiger partial charge is 0.330 e. The predicted octanol–water partition coefficient (Wildman–Crippen LogP) is 3.43. The first-order valence-electron chi connectivity index (χ1n) is 6.19. The van der Waals surface area contributed by atoms with Crippen molar-refractivity contribution in [1.82, 2.24) is 0 Å². The van der Waals surface area contributed by atoms with Gasteiger partial charge in [-0.2, -0.15) is 0 Å². The number of ether oxygens (including phenoxy) is 1. The van der Waals surface area contributed by atoms with E-state index in [9.17, 15) is 9.90 Å². The van der Waals surface area contributed by atoms with Gasteiger partial charge in [0, 0.05) is 11.5 Å². The molecular formula is C16H16O3. The number of aromatic hydroxyl groups is 1. The average molecular weight is 256 g/mol. The van der Waals surface area contributed by atoms with Crippen molar-refractivity contribution in [2.75, 3.05) is 6.61 Å². The van der Waals surface area contributed by atoms with Gasteiger partial charge in [-0.15, -0.1) is 0 Å². The van der Waals surface area contributed by atoms with E-state index in [1.807, 2.05) is 37.3 Å². The lowest BCUT2D eigenvalue weighted by molar-refractivity contribution is -0.137. The molecular weight excluding hydrogens is 240 g/mol. The molecule has 98 valence electrons. The number of phenolic OH excluding ortho intramolecular Hbond substituents is 1. The topological polar surface area (TPSA) is 46.5 Å². The van der Waals surface area contributed by atoms with Gasteiger partial charge in [0.05, 0.1) is 6.61 Å². The van der Waals surface area contributed by atoms with Crippen molar-refractivity contribution in [2.24, 2.45) is 0 Å². The number of aryl methyl sites for hydroxylation is 1. The van der Waals surface area contributed by atoms with Crippen molar-refractivity contribution in [3.63, 3.8) is 0 Å². The van der Waals surface area contributed by atoms with Gasteiger partial charge in [-0.1, -0.05) is 24.3 Å². The maximum atomic E-state index is 11.3. The molecule has 2 aromatic rings. The Morgan fingerprint density at radius 2 is 2.00 bits per heavy atom. The molecule has 1 N–H and O–H groups in total. The van der Waals surface area contributed by atoms with Crippen LogP contribution in [-0.4, -0.2) is 17.7 Å². The number of hydrogen-bond donors (Lipinski definition) is 1. The van der Waals surface area contributed by atoms with Gasteiger partial charge in [-0.25, -0.2) is 4.79 Å². The van der Waals surface area contributed by atoms with Crippen LogP contribution in [0.4, 0.5) is 0 Å². The fourth-order valence-corrected chi connectivity index (χ4v) is 2.02. The Balaban J connectivity index is 2.49. The van der Waals surface area contributed by atoms with E-state index >= 15 is 0 Å². The van der Waals surface area contributed by atoms with Crippen molar-refractivity contribution >= 4 is 22.8 Å². The number of phenols is 1. The molecule has 0 heterocycles. The van der Waals surface area contributed by atoms with E-state index in [4.69, 9.17) is 4.74 Å². The van der Waals surface area contributed by atoms with Crippen LogP contribution in [0.3, 0.4) is 0 Å². The van der Waals surface area contributed by atoms with Crippen LogP contribution in [0.25, 0.3) is 16.8 Å². The molecule has 0 amide bonds. The molecule has 0 unspecified atom stereocenters. The summed E-state index contributed by atoms with van der Waals surface area (Å²) < 4.78 is 4.85. The van der Waals surface area contributed by atoms with Crippen LogP contribution >= 0.6 is 0 Å². The van der Waals surface area contributed by atoms with Crippen LogP contribution in [0.5, 0.6) is 5.75 Å². The van der Waals surface area contributed by atoms with Gasteiger partial charge in [0.1, 0.15) is 5.75 Å². The molecule has 3 nitrogen and oxygen atoms in total. The highest BCUT2D eigenvalue weighted by Gasteiger charge is 2.06. The SMILES string of the molecule is CCOC(=O)C=Cc1cc(C)c(O)c2ccccc12. The molecule has 19 heavy (non-hydrogen) atoms. The molecule has 0 bridgehead atoms. The summed E-state index contributed by atoms with van der Waals surface area (Å²) in [5.41, 5.74) is 1.67. The molecule has 2 aromatic carbocycles. The standard InChI is InChI=1S/C16H16O3/c1-3-19-15(17)9-8-12-10-11(2)16(18)14-7-5-4-6-13(12)14/h4-10,18H,3H2,1-2H3. The Morgan fingerprint density at radius 1 is 1.32 bits per heavy atom. The van der Waals surface area contributed by atoms with Crippen LogP contribution in [0, 0.1) is 6.92 Å². The van der Waals surface area contributed by atoms with E-state index in [0.29, 0.717) is 6.61 Å². The number of carbonyl (C=O) groups is 1. The van der Waals surface area contributed by atoms with Gasteiger partial charge >= 0.3 is 5.97 Å². The first kappa shape index (κ1) is 13.1. The second kappa shape index (κ2) is 5.57. The molecule has 3 heteroatoms. The van der Waals surface area contributed by atoms with Crippen LogP contribution in [0.1, 0.15) is 18.1 Å². The Morgan fingerprint density at radius 3 is 2.68 bits per heavy atom. The van der Waals surface area contributed by atoms with Gasteiger partial charge in [0.2, 0.25) is 0 Å². The van der Waals surface area contributed by atoms with Crippen LogP contribution in [-0.2, 0) is 9.53 Å². The highest BCUT2D eigenvalue weighted by Crippen LogP contribution is 2.31. The lowest BCUT2D eigenvalue weighted by Gasteiger charge is -2.08. The predicted molar refractivity (Wildman–Crippen MR) is 76.0 cm³/mol. The number of carbonyl (C=O) groups excluding carboxylic acids is 1. The number of fused-ring (bicyclic) bond motifs is 1. The number of benzene rings is 2. The largest absolute Gasteiger partial charge is 0.507 e. The minimum absolute atomic E-state index is 0.281. The van der Waals surface area contributed by atoms with Crippen LogP contribution < -0.4 is 0 Å². The molecule has 0 atom stereocenters. The maximum absolute atomic E-state index is 11.3. The lowest BCUT2D eigenvalue weighted by Crippen LogP contribution is -1.98. The van der Waals surface area contributed by atoms with Gasteiger partial charge in [-0.3, -0.25) is 0 Å². The quantitative estimate of drug-likeness (QED) is 0.676. The summed E-state index contributed by atoms with van der Waals surface area (Å²) in [5.74, 6) is -0.0822. The second-order valence-electron chi connectivity index (χ2n) is 4.26. The normalized spacial score (nSPS) is 11.1. The van der Waals surface area contributed by atoms with Crippen molar-refractivity contribution < 1.29 is 14.6 Å². The van der Waals surface area contributed by atoms with Crippen molar-refractivity contribution in [3.8, 4) is 5.75 Å². The summed E-state index contributed by atoms with van der Waals surface area (Å²) in [5, 5.41) is 11.7. The average Bonchev–Trinajstić information content (AvgIpc) is 2.42. The van der Waals surface area contributed by atoms with E-state index in [1.165, 1.54) is 6.08 Å². The molecule has 0 aromatic heterocycles. The molecule has 0 radical (unpaired) electrons. The minimum atomic E-state index is -0.364. The third-order valence-electron chi connectivity index (χ3n) is 2.92. The molecule has 0 saturated carbocycles. The fourth-order valence-electron chi connectivity index (χ4n) is 2.02. The third kappa shape index (κ3) is 2.76. The Labute approximate surface area is 112 Å². The zero-order chi connectivity index (χ0) is 13.8. The highest BCUT2D eigenvalue weighted by atomic mass is 16.5. The van der Waals surface area contributed by atoms with E-state index in [0.717, 1.165) is 21.9 Å². The van der Waals surface area contributed by atoms with Crippen molar-refractivity contribution in [1.29, 1.82) is 0 Å². The summed E-state index contributed by atoms with van der Waals surface area (Å²) in [6, 6.07) is 9.41. The maximum Gasteiger partial charge on any atom is 0.330 e. The molecule has 0 spiro atoms. The van der Waals surface area contributed by atoms with Gasteiger partial charge < -0.3 is 9.84 Å². The van der Waals surface area contributed by atoms with Crippen molar-refractivity contribution in [3.05, 3.63) is 47.5 Å². The van der Waals surface area contributed by atoms with Crippen LogP contribution in [0.15, 0.2) is 36.4 Å². The molecule has 0 saturated heterocycles. The fraction of sp³-hybridized carbons (Fsp3) is 0.188. The summed E-state index contributed by atoms with van der Waals surface area (Å²) in [6.45, 7) is 3.97. The van der Waals surface area contributed by atoms with E-state index < -0.39 is 0 Å².